The van der Waals surface area contributed by atoms with Crippen LogP contribution in [0, 0.1) is 12.7 Å². The first-order valence-electron chi connectivity index (χ1n) is 8.10. The highest BCUT2D eigenvalue weighted by Crippen LogP contribution is 2.08. The monoisotopic (exact) mass is 338 g/mol. The van der Waals surface area contributed by atoms with E-state index in [4.69, 9.17) is 0 Å². The highest BCUT2D eigenvalue weighted by molar-refractivity contribution is 5.93. The van der Waals surface area contributed by atoms with Crippen LogP contribution in [0.25, 0.3) is 0 Å². The summed E-state index contributed by atoms with van der Waals surface area (Å²) in [6, 6.07) is 16.2. The topological polar surface area (TPSA) is 59.8 Å². The maximum absolute atomic E-state index is 13.1. The number of hydrogen-bond donors (Lipinski definition) is 1. The Labute approximate surface area is 145 Å². The average Bonchev–Trinajstić information content (AvgIpc) is 2.97. The van der Waals surface area contributed by atoms with Crippen molar-refractivity contribution in [2.75, 3.05) is 6.54 Å². The van der Waals surface area contributed by atoms with E-state index in [0.717, 1.165) is 11.1 Å². The van der Waals surface area contributed by atoms with Crippen LogP contribution in [0.3, 0.4) is 0 Å². The van der Waals surface area contributed by atoms with Gasteiger partial charge in [0.1, 0.15) is 5.82 Å². The molecule has 0 unspecified atom stereocenters. The third-order valence-corrected chi connectivity index (χ3v) is 3.96. The second-order valence-electron chi connectivity index (χ2n) is 5.80. The Morgan fingerprint density at radius 1 is 1.12 bits per heavy atom. The minimum atomic E-state index is -0.275. The number of carbonyl (C=O) groups excluding carboxylic acids is 1. The van der Waals surface area contributed by atoms with Crippen LogP contribution in [0.5, 0.6) is 0 Å². The molecule has 3 aromatic rings. The molecule has 0 atom stereocenters. The predicted octanol–water partition coefficient (Wildman–Crippen LogP) is 2.75. The van der Waals surface area contributed by atoms with E-state index in [1.165, 1.54) is 12.1 Å². The van der Waals surface area contributed by atoms with Crippen LogP contribution >= 0.6 is 0 Å². The molecule has 1 aromatic heterocycles. The molecule has 1 amide bonds. The first-order valence-corrected chi connectivity index (χ1v) is 8.10. The fourth-order valence-electron chi connectivity index (χ4n) is 2.57. The second-order valence-corrected chi connectivity index (χ2v) is 5.80. The summed E-state index contributed by atoms with van der Waals surface area (Å²) in [6.07, 6.45) is 0.556. The number of hydrogen-bond acceptors (Lipinski definition) is 3. The highest BCUT2D eigenvalue weighted by Gasteiger charge is 2.16. The summed E-state index contributed by atoms with van der Waals surface area (Å²) in [6.45, 7) is 2.80. The summed E-state index contributed by atoms with van der Waals surface area (Å²) >= 11 is 0. The van der Waals surface area contributed by atoms with Crippen molar-refractivity contribution in [1.29, 1.82) is 0 Å². The lowest BCUT2D eigenvalue weighted by molar-refractivity contribution is 0.0948. The van der Waals surface area contributed by atoms with Crippen molar-refractivity contribution in [2.24, 2.45) is 0 Å². The van der Waals surface area contributed by atoms with E-state index in [2.05, 4.69) is 15.6 Å². The smallest absolute Gasteiger partial charge is 0.273 e. The largest absolute Gasteiger partial charge is 0.350 e. The first-order chi connectivity index (χ1) is 12.1. The lowest BCUT2D eigenvalue weighted by Crippen LogP contribution is -2.26. The molecule has 2 aromatic carbocycles. The molecule has 0 spiro atoms. The van der Waals surface area contributed by atoms with Crippen LogP contribution in [0.1, 0.15) is 27.3 Å². The molecule has 1 heterocycles. The Balaban J connectivity index is 1.59. The second kappa shape index (κ2) is 7.70. The van der Waals surface area contributed by atoms with Gasteiger partial charge in [-0.1, -0.05) is 47.7 Å². The van der Waals surface area contributed by atoms with Crippen molar-refractivity contribution < 1.29 is 9.18 Å². The van der Waals surface area contributed by atoms with Gasteiger partial charge in [0.15, 0.2) is 5.69 Å². The van der Waals surface area contributed by atoms with E-state index in [1.807, 2.05) is 43.3 Å². The summed E-state index contributed by atoms with van der Waals surface area (Å²) in [4.78, 5) is 12.3. The summed E-state index contributed by atoms with van der Waals surface area (Å²) in [7, 11) is 0. The molecule has 1 N–H and O–H groups in total. The number of nitrogens with one attached hydrogen (secondary N) is 1. The Morgan fingerprint density at radius 2 is 1.88 bits per heavy atom. The molecule has 0 radical (unpaired) electrons. The van der Waals surface area contributed by atoms with E-state index in [0.29, 0.717) is 30.9 Å². The Morgan fingerprint density at radius 3 is 2.64 bits per heavy atom. The molecule has 6 heteroatoms. The van der Waals surface area contributed by atoms with Gasteiger partial charge in [-0.15, -0.1) is 5.10 Å². The predicted molar refractivity (Wildman–Crippen MR) is 92.7 cm³/mol. The number of amides is 1. The molecule has 128 valence electrons. The molecule has 25 heavy (non-hydrogen) atoms. The first kappa shape index (κ1) is 16.8. The number of rotatable bonds is 6. The molecule has 5 nitrogen and oxygen atoms in total. The highest BCUT2D eigenvalue weighted by atomic mass is 19.1. The van der Waals surface area contributed by atoms with Gasteiger partial charge >= 0.3 is 0 Å². The standard InChI is InChI=1S/C19H19FN4O/c1-14-18(22-23-24(14)13-16-6-3-2-4-7-16)19(25)21-11-10-15-8-5-9-17(20)12-15/h2-9,12H,10-11,13H2,1H3,(H,21,25). The quantitative estimate of drug-likeness (QED) is 0.752. The summed E-state index contributed by atoms with van der Waals surface area (Å²) in [5, 5.41) is 10.9. The van der Waals surface area contributed by atoms with Crippen LogP contribution < -0.4 is 5.32 Å². The molecule has 0 aliphatic heterocycles. The van der Waals surface area contributed by atoms with Gasteiger partial charge in [-0.3, -0.25) is 4.79 Å². The lowest BCUT2D eigenvalue weighted by Gasteiger charge is -2.06. The fraction of sp³-hybridized carbons (Fsp3) is 0.211. The maximum Gasteiger partial charge on any atom is 0.273 e. The molecule has 0 saturated heterocycles. The van der Waals surface area contributed by atoms with E-state index in [9.17, 15) is 9.18 Å². The van der Waals surface area contributed by atoms with Gasteiger partial charge in [-0.2, -0.15) is 0 Å². The van der Waals surface area contributed by atoms with Crippen LogP contribution in [0.4, 0.5) is 4.39 Å². The summed E-state index contributed by atoms with van der Waals surface area (Å²) in [5.41, 5.74) is 2.96. The zero-order valence-electron chi connectivity index (χ0n) is 13.9. The number of aromatic nitrogens is 3. The van der Waals surface area contributed by atoms with Gasteiger partial charge in [-0.25, -0.2) is 9.07 Å². The Bertz CT molecular complexity index is 861. The van der Waals surface area contributed by atoms with Crippen molar-refractivity contribution >= 4 is 5.91 Å². The molecule has 0 bridgehead atoms. The maximum atomic E-state index is 13.1. The molecule has 0 aliphatic rings. The van der Waals surface area contributed by atoms with Gasteiger partial charge in [0.05, 0.1) is 12.2 Å². The van der Waals surface area contributed by atoms with Crippen LogP contribution in [-0.2, 0) is 13.0 Å². The van der Waals surface area contributed by atoms with Crippen LogP contribution in [-0.4, -0.2) is 27.4 Å². The van der Waals surface area contributed by atoms with E-state index in [1.54, 1.807) is 10.7 Å². The number of benzene rings is 2. The van der Waals surface area contributed by atoms with Crippen LogP contribution in [0.15, 0.2) is 54.6 Å². The van der Waals surface area contributed by atoms with Crippen molar-refractivity contribution in [3.63, 3.8) is 0 Å². The Kier molecular flexibility index (Phi) is 5.18. The third-order valence-electron chi connectivity index (χ3n) is 3.96. The summed E-state index contributed by atoms with van der Waals surface area (Å²) in [5.74, 6) is -0.545. The molecule has 0 saturated carbocycles. The molecule has 3 rings (SSSR count). The fourth-order valence-corrected chi connectivity index (χ4v) is 2.57. The minimum absolute atomic E-state index is 0.270. The van der Waals surface area contributed by atoms with Gasteiger partial charge in [-0.05, 0) is 36.6 Å². The zero-order valence-corrected chi connectivity index (χ0v) is 13.9. The van der Waals surface area contributed by atoms with E-state index < -0.39 is 0 Å². The van der Waals surface area contributed by atoms with Crippen molar-refractivity contribution in [2.45, 2.75) is 19.9 Å². The van der Waals surface area contributed by atoms with E-state index in [-0.39, 0.29) is 11.7 Å². The minimum Gasteiger partial charge on any atom is -0.350 e. The average molecular weight is 338 g/mol. The van der Waals surface area contributed by atoms with Gasteiger partial charge in [0, 0.05) is 6.54 Å². The number of nitrogens with zero attached hydrogens (tertiary/aromatic N) is 3. The third kappa shape index (κ3) is 4.29. The molecular formula is C19H19FN4O. The number of halogens is 1. The van der Waals surface area contributed by atoms with Gasteiger partial charge in [0.25, 0.3) is 5.91 Å². The van der Waals surface area contributed by atoms with Crippen molar-refractivity contribution in [3.8, 4) is 0 Å². The lowest BCUT2D eigenvalue weighted by atomic mass is 10.1. The molecule has 0 aliphatic carbocycles. The van der Waals surface area contributed by atoms with E-state index >= 15 is 0 Å². The molecule has 0 fully saturated rings. The molecular weight excluding hydrogens is 319 g/mol. The van der Waals surface area contributed by atoms with Gasteiger partial charge in [0.2, 0.25) is 0 Å². The van der Waals surface area contributed by atoms with Crippen LogP contribution in [0.2, 0.25) is 0 Å². The SMILES string of the molecule is Cc1c(C(=O)NCCc2cccc(F)c2)nnn1Cc1ccccc1. The zero-order chi connectivity index (χ0) is 17.6. The van der Waals surface area contributed by atoms with Crippen molar-refractivity contribution in [3.05, 3.63) is 82.9 Å². The van der Waals surface area contributed by atoms with Crippen molar-refractivity contribution in [1.82, 2.24) is 20.3 Å². The number of carbonyl (C=O) groups is 1. The normalized spacial score (nSPS) is 10.6. The summed E-state index contributed by atoms with van der Waals surface area (Å²) < 4.78 is 14.8. The van der Waals surface area contributed by atoms with Gasteiger partial charge < -0.3 is 5.32 Å². The Hall–Kier alpha value is -3.02.